The van der Waals surface area contributed by atoms with Crippen LogP contribution in [0.4, 0.5) is 5.69 Å². The van der Waals surface area contributed by atoms with Crippen molar-refractivity contribution in [2.24, 2.45) is 5.10 Å². The zero-order chi connectivity index (χ0) is 18.1. The van der Waals surface area contributed by atoms with Crippen LogP contribution in [0.3, 0.4) is 0 Å². The molecule has 2 rings (SSSR count). The summed E-state index contributed by atoms with van der Waals surface area (Å²) in [5.74, 6) is -0.267. The Labute approximate surface area is 145 Å². The molecular formula is C18H19N3O4. The highest BCUT2D eigenvalue weighted by Crippen LogP contribution is 2.14. The molecule has 0 aliphatic carbocycles. The number of carbonyl (C=O) groups excluding carboxylic acids is 2. The highest BCUT2D eigenvalue weighted by Gasteiger charge is 2.12. The van der Waals surface area contributed by atoms with Crippen molar-refractivity contribution in [2.45, 2.75) is 6.92 Å². The van der Waals surface area contributed by atoms with Gasteiger partial charge in [-0.3, -0.25) is 9.59 Å². The second-order valence-corrected chi connectivity index (χ2v) is 4.88. The summed E-state index contributed by atoms with van der Waals surface area (Å²) < 4.78 is 10.3. The van der Waals surface area contributed by atoms with Gasteiger partial charge in [-0.2, -0.15) is 5.10 Å². The summed E-state index contributed by atoms with van der Waals surface area (Å²) in [7, 11) is 1.55. The number of nitrogens with one attached hydrogen (secondary N) is 2. The average Bonchev–Trinajstić information content (AvgIpc) is 2.64. The maximum atomic E-state index is 11.8. The fourth-order valence-electron chi connectivity index (χ4n) is 1.90. The Bertz CT molecular complexity index is 740. The quantitative estimate of drug-likeness (QED) is 0.479. The van der Waals surface area contributed by atoms with E-state index in [1.165, 1.54) is 6.21 Å². The van der Waals surface area contributed by atoms with E-state index in [0.717, 1.165) is 11.3 Å². The van der Waals surface area contributed by atoms with E-state index in [1.807, 2.05) is 6.92 Å². The second kappa shape index (κ2) is 9.07. The summed E-state index contributed by atoms with van der Waals surface area (Å²) in [6, 6.07) is 13.8. The van der Waals surface area contributed by atoms with Crippen molar-refractivity contribution >= 4 is 23.7 Å². The van der Waals surface area contributed by atoms with Gasteiger partial charge in [0.15, 0.2) is 0 Å². The molecule has 0 aliphatic rings. The summed E-state index contributed by atoms with van der Waals surface area (Å²) >= 11 is 0. The van der Waals surface area contributed by atoms with Gasteiger partial charge in [0.1, 0.15) is 11.5 Å². The molecule has 2 aromatic carbocycles. The third-order valence-electron chi connectivity index (χ3n) is 3.12. The molecule has 2 amide bonds. The van der Waals surface area contributed by atoms with Crippen LogP contribution in [0.25, 0.3) is 0 Å². The number of methoxy groups -OCH3 is 1. The Morgan fingerprint density at radius 2 is 1.64 bits per heavy atom. The molecule has 0 atom stereocenters. The molecule has 0 fully saturated rings. The van der Waals surface area contributed by atoms with E-state index in [4.69, 9.17) is 9.47 Å². The van der Waals surface area contributed by atoms with Gasteiger partial charge in [-0.05, 0) is 61.0 Å². The highest BCUT2D eigenvalue weighted by molar-refractivity contribution is 6.39. The maximum absolute atomic E-state index is 11.8. The minimum Gasteiger partial charge on any atom is -0.497 e. The molecule has 0 aliphatic heterocycles. The smallest absolute Gasteiger partial charge is 0.329 e. The van der Waals surface area contributed by atoms with Gasteiger partial charge >= 0.3 is 11.8 Å². The molecule has 0 saturated heterocycles. The molecule has 0 saturated carbocycles. The number of carbonyl (C=O) groups is 2. The Hall–Kier alpha value is -3.35. The Kier molecular flexibility index (Phi) is 6.53. The van der Waals surface area contributed by atoms with Gasteiger partial charge in [0, 0.05) is 5.69 Å². The maximum Gasteiger partial charge on any atom is 0.329 e. The van der Waals surface area contributed by atoms with Crippen LogP contribution < -0.4 is 20.2 Å². The Morgan fingerprint density at radius 1 is 1.00 bits per heavy atom. The van der Waals surface area contributed by atoms with Crippen LogP contribution in [0, 0.1) is 0 Å². The van der Waals surface area contributed by atoms with Gasteiger partial charge in [0.2, 0.25) is 0 Å². The summed E-state index contributed by atoms with van der Waals surface area (Å²) in [6.45, 7) is 2.49. The molecule has 130 valence electrons. The van der Waals surface area contributed by atoms with Crippen molar-refractivity contribution in [3.05, 3.63) is 54.1 Å². The average molecular weight is 341 g/mol. The van der Waals surface area contributed by atoms with Crippen molar-refractivity contribution in [1.82, 2.24) is 5.43 Å². The topological polar surface area (TPSA) is 89.0 Å². The molecule has 7 nitrogen and oxygen atoms in total. The van der Waals surface area contributed by atoms with Gasteiger partial charge in [-0.1, -0.05) is 0 Å². The molecule has 0 unspecified atom stereocenters. The highest BCUT2D eigenvalue weighted by atomic mass is 16.5. The predicted molar refractivity (Wildman–Crippen MR) is 95.0 cm³/mol. The normalized spacial score (nSPS) is 10.3. The number of ether oxygens (including phenoxy) is 2. The number of hydrogen-bond acceptors (Lipinski definition) is 5. The number of hydrazone groups is 1. The van der Waals surface area contributed by atoms with E-state index in [1.54, 1.807) is 55.6 Å². The molecule has 2 N–H and O–H groups in total. The molecule has 0 radical (unpaired) electrons. The van der Waals surface area contributed by atoms with Crippen LogP contribution in [-0.2, 0) is 9.59 Å². The van der Waals surface area contributed by atoms with Crippen molar-refractivity contribution in [3.63, 3.8) is 0 Å². The fraction of sp³-hybridized carbons (Fsp3) is 0.167. The number of amides is 2. The van der Waals surface area contributed by atoms with Gasteiger partial charge in [-0.25, -0.2) is 5.43 Å². The molecule has 25 heavy (non-hydrogen) atoms. The summed E-state index contributed by atoms with van der Waals surface area (Å²) in [4.78, 5) is 23.5. The Balaban J connectivity index is 1.84. The van der Waals surface area contributed by atoms with Crippen molar-refractivity contribution in [1.29, 1.82) is 0 Å². The van der Waals surface area contributed by atoms with Crippen LogP contribution in [0.1, 0.15) is 12.5 Å². The fourth-order valence-corrected chi connectivity index (χ4v) is 1.90. The molecule has 0 spiro atoms. The molecule has 0 heterocycles. The third kappa shape index (κ3) is 5.65. The first kappa shape index (κ1) is 18.0. The van der Waals surface area contributed by atoms with E-state index in [-0.39, 0.29) is 0 Å². The van der Waals surface area contributed by atoms with Crippen LogP contribution in [0.2, 0.25) is 0 Å². The van der Waals surface area contributed by atoms with Crippen LogP contribution >= 0.6 is 0 Å². The lowest BCUT2D eigenvalue weighted by molar-refractivity contribution is -0.136. The number of benzene rings is 2. The standard InChI is InChI=1S/C18H19N3O4/c1-3-25-16-8-4-13(5-9-16)12-19-21-18(23)17(22)20-14-6-10-15(24-2)11-7-14/h4-12H,3H2,1-2H3,(H,20,22)(H,21,23)/b19-12+. The lowest BCUT2D eigenvalue weighted by atomic mass is 10.2. The summed E-state index contributed by atoms with van der Waals surface area (Å²) in [5, 5.41) is 6.23. The lowest BCUT2D eigenvalue weighted by Crippen LogP contribution is -2.32. The third-order valence-corrected chi connectivity index (χ3v) is 3.12. The monoisotopic (exact) mass is 341 g/mol. The van der Waals surface area contributed by atoms with Crippen LogP contribution in [0.15, 0.2) is 53.6 Å². The van der Waals surface area contributed by atoms with Crippen LogP contribution in [0.5, 0.6) is 11.5 Å². The number of anilines is 1. The number of hydrogen-bond donors (Lipinski definition) is 2. The zero-order valence-corrected chi connectivity index (χ0v) is 14.0. The molecule has 2 aromatic rings. The van der Waals surface area contributed by atoms with Crippen molar-refractivity contribution in [2.75, 3.05) is 19.0 Å². The summed E-state index contributed by atoms with van der Waals surface area (Å²) in [6.07, 6.45) is 1.44. The first-order valence-corrected chi connectivity index (χ1v) is 7.63. The molecule has 0 bridgehead atoms. The van der Waals surface area contributed by atoms with Crippen molar-refractivity contribution in [3.8, 4) is 11.5 Å². The summed E-state index contributed by atoms with van der Waals surface area (Å²) in [5.41, 5.74) is 3.42. The van der Waals surface area contributed by atoms with E-state index < -0.39 is 11.8 Å². The van der Waals surface area contributed by atoms with Gasteiger partial charge in [0.25, 0.3) is 0 Å². The minimum atomic E-state index is -0.863. The van der Waals surface area contributed by atoms with E-state index in [2.05, 4.69) is 15.8 Å². The molecule has 7 heteroatoms. The van der Waals surface area contributed by atoms with Gasteiger partial charge in [0.05, 0.1) is 19.9 Å². The first-order chi connectivity index (χ1) is 12.1. The first-order valence-electron chi connectivity index (χ1n) is 7.63. The SMILES string of the molecule is CCOc1ccc(/C=N/NC(=O)C(=O)Nc2ccc(OC)cc2)cc1. The Morgan fingerprint density at radius 3 is 2.24 bits per heavy atom. The molecular weight excluding hydrogens is 322 g/mol. The predicted octanol–water partition coefficient (Wildman–Crippen LogP) is 2.18. The minimum absolute atomic E-state index is 0.483. The van der Waals surface area contributed by atoms with Crippen molar-refractivity contribution < 1.29 is 19.1 Å². The van der Waals surface area contributed by atoms with Gasteiger partial charge in [-0.15, -0.1) is 0 Å². The van der Waals surface area contributed by atoms with E-state index in [9.17, 15) is 9.59 Å². The zero-order valence-electron chi connectivity index (χ0n) is 14.0. The lowest BCUT2D eigenvalue weighted by Gasteiger charge is -2.05. The number of rotatable bonds is 6. The second-order valence-electron chi connectivity index (χ2n) is 4.88. The van der Waals surface area contributed by atoms with E-state index in [0.29, 0.717) is 18.0 Å². The van der Waals surface area contributed by atoms with Gasteiger partial charge < -0.3 is 14.8 Å². The number of nitrogens with zero attached hydrogens (tertiary/aromatic N) is 1. The largest absolute Gasteiger partial charge is 0.497 e. The van der Waals surface area contributed by atoms with E-state index >= 15 is 0 Å². The molecule has 0 aromatic heterocycles. The van der Waals surface area contributed by atoms with Crippen LogP contribution in [-0.4, -0.2) is 31.7 Å².